The van der Waals surface area contributed by atoms with Gasteiger partial charge in [0.05, 0.1) is 0 Å². The fourth-order valence-corrected chi connectivity index (χ4v) is 2.42. The van der Waals surface area contributed by atoms with Crippen molar-refractivity contribution >= 4 is 0 Å². The molecule has 0 amide bonds. The van der Waals surface area contributed by atoms with Gasteiger partial charge in [-0.05, 0) is 61.6 Å². The molecule has 0 aliphatic heterocycles. The second-order valence-electron chi connectivity index (χ2n) is 5.72. The number of aryl methyl sites for hydroxylation is 1. The molecule has 0 aromatic heterocycles. The smallest absolute Gasteiger partial charge is 0.126 e. The van der Waals surface area contributed by atoms with E-state index in [9.17, 15) is 4.39 Å². The molecular weight excluding hydrogens is 261 g/mol. The van der Waals surface area contributed by atoms with Crippen LogP contribution in [0.4, 0.5) is 4.39 Å². The first kappa shape index (κ1) is 15.7. The van der Waals surface area contributed by atoms with Gasteiger partial charge in [-0.2, -0.15) is 0 Å². The zero-order valence-electron chi connectivity index (χ0n) is 13.1. The maximum Gasteiger partial charge on any atom is 0.126 e. The summed E-state index contributed by atoms with van der Waals surface area (Å²) in [4.78, 5) is 0. The van der Waals surface area contributed by atoms with Crippen LogP contribution in [-0.4, -0.2) is 12.6 Å². The summed E-state index contributed by atoms with van der Waals surface area (Å²) in [7, 11) is 0. The van der Waals surface area contributed by atoms with Crippen molar-refractivity contribution in [2.45, 2.75) is 39.7 Å². The van der Waals surface area contributed by atoms with Crippen molar-refractivity contribution in [2.24, 2.45) is 0 Å². The fraction of sp³-hybridized carbons (Fsp3) is 0.368. The van der Waals surface area contributed by atoms with Crippen molar-refractivity contribution in [1.82, 2.24) is 5.32 Å². The van der Waals surface area contributed by atoms with E-state index in [1.165, 1.54) is 5.56 Å². The van der Waals surface area contributed by atoms with Crippen molar-refractivity contribution in [3.05, 3.63) is 59.4 Å². The van der Waals surface area contributed by atoms with Crippen LogP contribution in [0.15, 0.2) is 42.5 Å². The van der Waals surface area contributed by atoms with Crippen LogP contribution in [-0.2, 0) is 6.42 Å². The molecule has 1 atom stereocenters. The van der Waals surface area contributed by atoms with E-state index in [2.05, 4.69) is 43.4 Å². The van der Waals surface area contributed by atoms with E-state index in [0.29, 0.717) is 11.6 Å². The minimum absolute atomic E-state index is 0.144. The molecule has 112 valence electrons. The van der Waals surface area contributed by atoms with Gasteiger partial charge in [0.1, 0.15) is 5.82 Å². The highest BCUT2D eigenvalue weighted by atomic mass is 19.1. The Morgan fingerprint density at radius 1 is 1.05 bits per heavy atom. The number of hydrogen-bond donors (Lipinski definition) is 1. The Bertz CT molecular complexity index is 575. The lowest BCUT2D eigenvalue weighted by molar-refractivity contribution is 0.543. The summed E-state index contributed by atoms with van der Waals surface area (Å²) in [6.45, 7) is 7.23. The summed E-state index contributed by atoms with van der Waals surface area (Å²) in [6.07, 6.45) is 2.17. The SMILES string of the molecule is CCCNC(C)Cc1ccc(-c2ccc(C)c(F)c2)cc1. The van der Waals surface area contributed by atoms with Gasteiger partial charge in [0.15, 0.2) is 0 Å². The minimum Gasteiger partial charge on any atom is -0.314 e. The Labute approximate surface area is 127 Å². The first-order valence-corrected chi connectivity index (χ1v) is 7.69. The lowest BCUT2D eigenvalue weighted by Crippen LogP contribution is -2.28. The van der Waals surface area contributed by atoms with Crippen molar-refractivity contribution < 1.29 is 4.39 Å². The van der Waals surface area contributed by atoms with E-state index < -0.39 is 0 Å². The minimum atomic E-state index is -0.144. The number of halogens is 1. The van der Waals surface area contributed by atoms with Gasteiger partial charge >= 0.3 is 0 Å². The molecule has 2 heteroatoms. The van der Waals surface area contributed by atoms with E-state index >= 15 is 0 Å². The molecule has 0 radical (unpaired) electrons. The van der Waals surface area contributed by atoms with E-state index in [0.717, 1.165) is 30.5 Å². The molecule has 1 N–H and O–H groups in total. The molecule has 0 heterocycles. The molecule has 1 nitrogen and oxygen atoms in total. The van der Waals surface area contributed by atoms with Crippen LogP contribution in [0.5, 0.6) is 0 Å². The van der Waals surface area contributed by atoms with Gasteiger partial charge in [-0.3, -0.25) is 0 Å². The van der Waals surface area contributed by atoms with Gasteiger partial charge < -0.3 is 5.32 Å². The number of rotatable bonds is 6. The standard InChI is InChI=1S/C19H24FN/c1-4-11-21-15(3)12-16-6-9-17(10-7-16)18-8-5-14(2)19(20)13-18/h5-10,13,15,21H,4,11-12H2,1-3H3. The molecule has 21 heavy (non-hydrogen) atoms. The molecule has 2 aromatic rings. The Hall–Kier alpha value is -1.67. The number of nitrogens with one attached hydrogen (secondary N) is 1. The Kier molecular flexibility index (Phi) is 5.51. The average Bonchev–Trinajstić information content (AvgIpc) is 2.49. The predicted molar refractivity (Wildman–Crippen MR) is 88.0 cm³/mol. The summed E-state index contributed by atoms with van der Waals surface area (Å²) in [5, 5.41) is 3.49. The van der Waals surface area contributed by atoms with Crippen LogP contribution in [0, 0.1) is 12.7 Å². The first-order valence-electron chi connectivity index (χ1n) is 7.69. The van der Waals surface area contributed by atoms with Gasteiger partial charge in [-0.1, -0.05) is 43.3 Å². The Balaban J connectivity index is 2.06. The highest BCUT2D eigenvalue weighted by Gasteiger charge is 2.05. The third-order valence-electron chi connectivity index (χ3n) is 3.74. The van der Waals surface area contributed by atoms with Gasteiger partial charge in [0.25, 0.3) is 0 Å². The summed E-state index contributed by atoms with van der Waals surface area (Å²) in [6, 6.07) is 14.3. The largest absolute Gasteiger partial charge is 0.314 e. The number of benzene rings is 2. The fourth-order valence-electron chi connectivity index (χ4n) is 2.42. The maximum atomic E-state index is 13.6. The second-order valence-corrected chi connectivity index (χ2v) is 5.72. The summed E-state index contributed by atoms with van der Waals surface area (Å²) in [5.74, 6) is -0.144. The lowest BCUT2D eigenvalue weighted by Gasteiger charge is -2.13. The van der Waals surface area contributed by atoms with Crippen LogP contribution in [0.2, 0.25) is 0 Å². The summed E-state index contributed by atoms with van der Waals surface area (Å²) >= 11 is 0. The molecular formula is C19H24FN. The van der Waals surface area contributed by atoms with Crippen LogP contribution in [0.25, 0.3) is 11.1 Å². The molecule has 0 spiro atoms. The first-order chi connectivity index (χ1) is 10.1. The molecule has 0 aliphatic rings. The van der Waals surface area contributed by atoms with Gasteiger partial charge in [-0.25, -0.2) is 4.39 Å². The lowest BCUT2D eigenvalue weighted by atomic mass is 10.00. The third kappa shape index (κ3) is 4.40. The zero-order chi connectivity index (χ0) is 15.2. The van der Waals surface area contributed by atoms with Crippen molar-refractivity contribution in [3.63, 3.8) is 0 Å². The molecule has 2 aromatic carbocycles. The van der Waals surface area contributed by atoms with Crippen molar-refractivity contribution in [2.75, 3.05) is 6.54 Å². The quantitative estimate of drug-likeness (QED) is 0.809. The second kappa shape index (κ2) is 7.37. The van der Waals surface area contributed by atoms with E-state index in [1.807, 2.05) is 12.1 Å². The normalized spacial score (nSPS) is 12.4. The summed E-state index contributed by atoms with van der Waals surface area (Å²) in [5.41, 5.74) is 3.99. The van der Waals surface area contributed by atoms with Crippen molar-refractivity contribution in [3.8, 4) is 11.1 Å². The highest BCUT2D eigenvalue weighted by molar-refractivity contribution is 5.64. The molecule has 0 bridgehead atoms. The van der Waals surface area contributed by atoms with Gasteiger partial charge in [0, 0.05) is 6.04 Å². The van der Waals surface area contributed by atoms with Crippen LogP contribution in [0.1, 0.15) is 31.4 Å². The molecule has 0 saturated heterocycles. The van der Waals surface area contributed by atoms with E-state index in [4.69, 9.17) is 0 Å². The van der Waals surface area contributed by atoms with E-state index in [-0.39, 0.29) is 5.82 Å². The molecule has 1 unspecified atom stereocenters. The van der Waals surface area contributed by atoms with E-state index in [1.54, 1.807) is 13.0 Å². The topological polar surface area (TPSA) is 12.0 Å². The molecule has 0 aliphatic carbocycles. The van der Waals surface area contributed by atoms with Crippen molar-refractivity contribution in [1.29, 1.82) is 0 Å². The molecule has 2 rings (SSSR count). The van der Waals surface area contributed by atoms with Crippen LogP contribution < -0.4 is 5.32 Å². The molecule has 0 saturated carbocycles. The van der Waals surface area contributed by atoms with Gasteiger partial charge in [-0.15, -0.1) is 0 Å². The maximum absolute atomic E-state index is 13.6. The average molecular weight is 285 g/mol. The van der Waals surface area contributed by atoms with Gasteiger partial charge in [0.2, 0.25) is 0 Å². The summed E-state index contributed by atoms with van der Waals surface area (Å²) < 4.78 is 13.6. The third-order valence-corrected chi connectivity index (χ3v) is 3.74. The van der Waals surface area contributed by atoms with Crippen LogP contribution in [0.3, 0.4) is 0 Å². The zero-order valence-corrected chi connectivity index (χ0v) is 13.1. The Morgan fingerprint density at radius 3 is 2.33 bits per heavy atom. The Morgan fingerprint density at radius 2 is 1.71 bits per heavy atom. The predicted octanol–water partition coefficient (Wildman–Crippen LogP) is 4.73. The molecule has 0 fully saturated rings. The highest BCUT2D eigenvalue weighted by Crippen LogP contribution is 2.22. The van der Waals surface area contributed by atoms with Crippen LogP contribution >= 0.6 is 0 Å². The monoisotopic (exact) mass is 285 g/mol. The number of hydrogen-bond acceptors (Lipinski definition) is 1.